The molecule has 0 saturated heterocycles. The van der Waals surface area contributed by atoms with Crippen LogP contribution < -0.4 is 5.32 Å². The average Bonchev–Trinajstić information content (AvgIpc) is 2.69. The first-order valence-electron chi connectivity index (χ1n) is 6.33. The van der Waals surface area contributed by atoms with Crippen molar-refractivity contribution in [2.24, 2.45) is 0 Å². The van der Waals surface area contributed by atoms with Crippen molar-refractivity contribution in [2.45, 2.75) is 32.6 Å². The third-order valence-corrected chi connectivity index (χ3v) is 2.86. The van der Waals surface area contributed by atoms with Crippen molar-refractivity contribution in [3.63, 3.8) is 0 Å². The van der Waals surface area contributed by atoms with Crippen LogP contribution in [0.1, 0.15) is 19.2 Å². The van der Waals surface area contributed by atoms with E-state index in [1.54, 1.807) is 16.7 Å². The van der Waals surface area contributed by atoms with Gasteiger partial charge in [0.25, 0.3) is 0 Å². The lowest BCUT2D eigenvalue weighted by molar-refractivity contribution is -0.125. The number of imidazole rings is 1. The van der Waals surface area contributed by atoms with Crippen molar-refractivity contribution in [1.29, 1.82) is 0 Å². The second-order valence-electron chi connectivity index (χ2n) is 4.51. The lowest BCUT2D eigenvalue weighted by Gasteiger charge is -2.10. The van der Waals surface area contributed by atoms with Gasteiger partial charge in [0.15, 0.2) is 5.82 Å². The van der Waals surface area contributed by atoms with Gasteiger partial charge in [0, 0.05) is 6.54 Å². The minimum Gasteiger partial charge on any atom is -0.327 e. The van der Waals surface area contributed by atoms with Crippen molar-refractivity contribution < 1.29 is 17.6 Å². The smallest absolute Gasteiger partial charge is 0.327 e. The van der Waals surface area contributed by atoms with Crippen molar-refractivity contribution in [3.8, 4) is 0 Å². The summed E-state index contributed by atoms with van der Waals surface area (Å²) in [7, 11) is 0. The molecular formula is C13H15F4N3. The molecule has 0 aliphatic heterocycles. The second kappa shape index (κ2) is 5.78. The number of hydrogen-bond donors (Lipinski definition) is 1. The van der Waals surface area contributed by atoms with Crippen LogP contribution in [-0.2, 0) is 13.1 Å². The van der Waals surface area contributed by atoms with Crippen molar-refractivity contribution >= 4 is 11.0 Å². The summed E-state index contributed by atoms with van der Waals surface area (Å²) in [6, 6.07) is 4.57. The van der Waals surface area contributed by atoms with Gasteiger partial charge in [-0.05, 0) is 18.6 Å². The van der Waals surface area contributed by atoms with Gasteiger partial charge >= 0.3 is 6.18 Å². The maximum absolute atomic E-state index is 13.7. The highest BCUT2D eigenvalue weighted by Crippen LogP contribution is 2.20. The van der Waals surface area contributed by atoms with Gasteiger partial charge in [-0.15, -0.1) is 0 Å². The molecule has 0 aliphatic rings. The Morgan fingerprint density at radius 3 is 2.70 bits per heavy atom. The fraction of sp³-hybridized carbons (Fsp3) is 0.462. The van der Waals surface area contributed by atoms with E-state index in [1.807, 2.05) is 6.92 Å². The fourth-order valence-corrected chi connectivity index (χ4v) is 2.09. The van der Waals surface area contributed by atoms with E-state index in [2.05, 4.69) is 10.3 Å². The van der Waals surface area contributed by atoms with Gasteiger partial charge in [-0.2, -0.15) is 13.2 Å². The molecule has 7 heteroatoms. The molecule has 2 aromatic rings. The number of fused-ring (bicyclic) bond motifs is 1. The number of nitrogens with zero attached hydrogens (tertiary/aromatic N) is 2. The molecule has 20 heavy (non-hydrogen) atoms. The summed E-state index contributed by atoms with van der Waals surface area (Å²) in [5.41, 5.74) is 0.806. The number of alkyl halides is 3. The Morgan fingerprint density at radius 1 is 1.30 bits per heavy atom. The minimum atomic E-state index is -4.27. The molecule has 0 amide bonds. The van der Waals surface area contributed by atoms with Gasteiger partial charge in [0.2, 0.25) is 0 Å². The maximum atomic E-state index is 13.7. The van der Waals surface area contributed by atoms with E-state index in [4.69, 9.17) is 0 Å². The van der Waals surface area contributed by atoms with Crippen LogP contribution in [0.2, 0.25) is 0 Å². The summed E-state index contributed by atoms with van der Waals surface area (Å²) in [5.74, 6) is -0.0503. The summed E-state index contributed by atoms with van der Waals surface area (Å²) in [6.07, 6.45) is -3.49. The molecule has 0 unspecified atom stereocenters. The Kier molecular flexibility index (Phi) is 4.27. The standard InChI is InChI=1S/C13H15F4N3/c1-2-6-20-10-5-3-4-9(14)12(10)19-11(20)7-18-8-13(15,16)17/h3-5,18H,2,6-8H2,1H3. The van der Waals surface area contributed by atoms with Crippen molar-refractivity contribution in [1.82, 2.24) is 14.9 Å². The van der Waals surface area contributed by atoms with E-state index in [9.17, 15) is 17.6 Å². The summed E-state index contributed by atoms with van der Waals surface area (Å²) in [5, 5.41) is 2.29. The third-order valence-electron chi connectivity index (χ3n) is 2.86. The zero-order valence-electron chi connectivity index (χ0n) is 11.0. The molecule has 0 aliphatic carbocycles. The summed E-state index contributed by atoms with van der Waals surface area (Å²) in [4.78, 5) is 4.11. The van der Waals surface area contributed by atoms with Crippen LogP contribution in [0.4, 0.5) is 17.6 Å². The molecule has 1 heterocycles. The Morgan fingerprint density at radius 2 is 2.05 bits per heavy atom. The van der Waals surface area contributed by atoms with Gasteiger partial charge in [-0.1, -0.05) is 13.0 Å². The van der Waals surface area contributed by atoms with Crippen LogP contribution in [0.3, 0.4) is 0 Å². The number of benzene rings is 1. The molecule has 3 nitrogen and oxygen atoms in total. The molecule has 0 atom stereocenters. The first kappa shape index (κ1) is 14.8. The molecule has 2 rings (SSSR count). The SMILES string of the molecule is CCCn1c(CNCC(F)(F)F)nc2c(F)cccc21. The third kappa shape index (κ3) is 3.27. The van der Waals surface area contributed by atoms with Gasteiger partial charge in [0.05, 0.1) is 18.6 Å². The summed E-state index contributed by atoms with van der Waals surface area (Å²) >= 11 is 0. The second-order valence-corrected chi connectivity index (χ2v) is 4.51. The number of halogens is 4. The Bertz CT molecular complexity index is 589. The van der Waals surface area contributed by atoms with Crippen LogP contribution in [0, 0.1) is 5.82 Å². The Hall–Kier alpha value is -1.63. The molecule has 0 radical (unpaired) electrons. The summed E-state index contributed by atoms with van der Waals surface area (Å²) < 4.78 is 51.8. The lowest BCUT2D eigenvalue weighted by Crippen LogP contribution is -2.29. The van der Waals surface area contributed by atoms with E-state index in [1.165, 1.54) is 6.07 Å². The number of hydrogen-bond acceptors (Lipinski definition) is 2. The van der Waals surface area contributed by atoms with E-state index in [0.29, 0.717) is 17.9 Å². The molecule has 0 saturated carbocycles. The largest absolute Gasteiger partial charge is 0.401 e. The topological polar surface area (TPSA) is 29.9 Å². The van der Waals surface area contributed by atoms with Crippen LogP contribution in [0.25, 0.3) is 11.0 Å². The maximum Gasteiger partial charge on any atom is 0.401 e. The molecule has 110 valence electrons. The number of rotatable bonds is 5. The highest BCUT2D eigenvalue weighted by atomic mass is 19.4. The normalized spacial score (nSPS) is 12.2. The van der Waals surface area contributed by atoms with Gasteiger partial charge in [0.1, 0.15) is 11.3 Å². The van der Waals surface area contributed by atoms with Crippen molar-refractivity contribution in [2.75, 3.05) is 6.54 Å². The fourth-order valence-electron chi connectivity index (χ4n) is 2.09. The van der Waals surface area contributed by atoms with E-state index in [-0.39, 0.29) is 12.1 Å². The highest BCUT2D eigenvalue weighted by molar-refractivity contribution is 5.76. The van der Waals surface area contributed by atoms with E-state index >= 15 is 0 Å². The van der Waals surface area contributed by atoms with Crippen molar-refractivity contribution in [3.05, 3.63) is 29.8 Å². The average molecular weight is 289 g/mol. The molecule has 1 N–H and O–H groups in total. The molecule has 1 aromatic heterocycles. The molecular weight excluding hydrogens is 274 g/mol. The zero-order chi connectivity index (χ0) is 14.8. The quantitative estimate of drug-likeness (QED) is 0.856. The Balaban J connectivity index is 2.27. The first-order chi connectivity index (χ1) is 9.42. The Labute approximate surface area is 113 Å². The van der Waals surface area contributed by atoms with Gasteiger partial charge in [-0.25, -0.2) is 9.37 Å². The van der Waals surface area contributed by atoms with Crippen LogP contribution in [0.5, 0.6) is 0 Å². The molecule has 0 spiro atoms. The first-order valence-corrected chi connectivity index (χ1v) is 6.33. The lowest BCUT2D eigenvalue weighted by atomic mass is 10.3. The van der Waals surface area contributed by atoms with E-state index in [0.717, 1.165) is 6.42 Å². The zero-order valence-corrected chi connectivity index (χ0v) is 11.0. The number of aromatic nitrogens is 2. The minimum absolute atomic E-state index is 0.0480. The molecule has 0 bridgehead atoms. The van der Waals surface area contributed by atoms with Crippen LogP contribution in [0.15, 0.2) is 18.2 Å². The number of aryl methyl sites for hydroxylation is 1. The predicted molar refractivity (Wildman–Crippen MR) is 67.7 cm³/mol. The predicted octanol–water partition coefficient (Wildman–Crippen LogP) is 3.24. The molecule has 1 aromatic carbocycles. The van der Waals surface area contributed by atoms with Crippen LogP contribution >= 0.6 is 0 Å². The van der Waals surface area contributed by atoms with E-state index < -0.39 is 18.5 Å². The monoisotopic (exact) mass is 289 g/mol. The highest BCUT2D eigenvalue weighted by Gasteiger charge is 2.26. The molecule has 0 fully saturated rings. The van der Waals surface area contributed by atoms with Crippen LogP contribution in [-0.4, -0.2) is 22.3 Å². The van der Waals surface area contributed by atoms with Gasteiger partial charge < -0.3 is 9.88 Å². The summed E-state index contributed by atoms with van der Waals surface area (Å²) in [6.45, 7) is 1.39. The number of nitrogens with one attached hydrogen (secondary N) is 1. The number of para-hydroxylation sites is 1. The van der Waals surface area contributed by atoms with Gasteiger partial charge in [-0.3, -0.25) is 0 Å².